The van der Waals surface area contributed by atoms with E-state index in [9.17, 15) is 0 Å². The van der Waals surface area contributed by atoms with Gasteiger partial charge < -0.3 is 14.5 Å². The van der Waals surface area contributed by atoms with Gasteiger partial charge >= 0.3 is 0 Å². The third-order valence-electron chi connectivity index (χ3n) is 3.66. The first-order valence-electron chi connectivity index (χ1n) is 7.09. The molecule has 0 amide bonds. The van der Waals surface area contributed by atoms with Gasteiger partial charge in [0.1, 0.15) is 11.5 Å². The summed E-state index contributed by atoms with van der Waals surface area (Å²) in [5, 5.41) is 3.43. The summed E-state index contributed by atoms with van der Waals surface area (Å²) in [4.78, 5) is 0. The molecule has 2 rings (SSSR count). The van der Waals surface area contributed by atoms with E-state index in [-0.39, 0.29) is 0 Å². The summed E-state index contributed by atoms with van der Waals surface area (Å²) in [6.07, 6.45) is 4.88. The fourth-order valence-electron chi connectivity index (χ4n) is 2.29. The molecule has 0 aliphatic heterocycles. The van der Waals surface area contributed by atoms with Crippen molar-refractivity contribution in [3.8, 4) is 0 Å². The molecule has 0 saturated heterocycles. The molecule has 18 heavy (non-hydrogen) atoms. The second-order valence-electron chi connectivity index (χ2n) is 5.35. The van der Waals surface area contributed by atoms with E-state index in [1.165, 1.54) is 25.0 Å². The summed E-state index contributed by atoms with van der Waals surface area (Å²) < 4.78 is 10.9. The average molecular weight is 251 g/mol. The van der Waals surface area contributed by atoms with Crippen LogP contribution in [0.5, 0.6) is 0 Å². The highest BCUT2D eigenvalue weighted by Crippen LogP contribution is 2.47. The number of ether oxygens (including phenoxy) is 1. The highest BCUT2D eigenvalue weighted by Gasteiger charge is 2.36. The number of rotatable bonds is 9. The Balaban J connectivity index is 1.55. The molecule has 1 aliphatic carbocycles. The van der Waals surface area contributed by atoms with E-state index in [1.807, 2.05) is 0 Å². The van der Waals surface area contributed by atoms with Gasteiger partial charge in [-0.15, -0.1) is 0 Å². The molecule has 0 spiro atoms. The molecule has 0 radical (unpaired) electrons. The minimum Gasteiger partial charge on any atom is -0.464 e. The molecule has 1 aromatic rings. The highest BCUT2D eigenvalue weighted by atomic mass is 16.5. The molecule has 1 saturated carbocycles. The van der Waals surface area contributed by atoms with E-state index in [4.69, 9.17) is 9.15 Å². The topological polar surface area (TPSA) is 34.4 Å². The fourth-order valence-corrected chi connectivity index (χ4v) is 2.29. The van der Waals surface area contributed by atoms with E-state index >= 15 is 0 Å². The third kappa shape index (κ3) is 4.14. The van der Waals surface area contributed by atoms with E-state index in [1.54, 1.807) is 7.11 Å². The first-order chi connectivity index (χ1) is 8.81. The maximum Gasteiger partial charge on any atom is 0.117 e. The standard InChI is InChI=1S/C15H25NO2/c1-12-10-14(12)15-7-6-13(18-15)11-16-8-4-3-5-9-17-2/h6-7,12,14,16H,3-5,8-11H2,1-2H3. The summed E-state index contributed by atoms with van der Waals surface area (Å²) in [5.74, 6) is 3.76. The van der Waals surface area contributed by atoms with Crippen LogP contribution in [-0.4, -0.2) is 20.3 Å². The molecule has 1 aromatic heterocycles. The Morgan fingerprint density at radius 2 is 2.17 bits per heavy atom. The Labute approximate surface area is 110 Å². The number of unbranched alkanes of at least 4 members (excludes halogenated alkanes) is 2. The van der Waals surface area contributed by atoms with Crippen LogP contribution in [0.15, 0.2) is 16.5 Å². The van der Waals surface area contributed by atoms with Crippen molar-refractivity contribution in [3.05, 3.63) is 23.7 Å². The SMILES string of the molecule is COCCCCCNCc1ccc(C2CC2C)o1. The van der Waals surface area contributed by atoms with Gasteiger partial charge in [-0.25, -0.2) is 0 Å². The second kappa shape index (κ2) is 6.95. The lowest BCUT2D eigenvalue weighted by atomic mass is 10.2. The average Bonchev–Trinajstić information content (AvgIpc) is 2.91. The van der Waals surface area contributed by atoms with Crippen molar-refractivity contribution in [2.45, 2.75) is 45.1 Å². The van der Waals surface area contributed by atoms with Crippen LogP contribution in [-0.2, 0) is 11.3 Å². The Morgan fingerprint density at radius 1 is 1.33 bits per heavy atom. The van der Waals surface area contributed by atoms with Gasteiger partial charge in [-0.3, -0.25) is 0 Å². The van der Waals surface area contributed by atoms with Gasteiger partial charge in [-0.1, -0.05) is 6.92 Å². The first-order valence-corrected chi connectivity index (χ1v) is 7.09. The lowest BCUT2D eigenvalue weighted by Gasteiger charge is -2.02. The molecule has 3 heteroatoms. The van der Waals surface area contributed by atoms with Gasteiger partial charge in [0, 0.05) is 19.6 Å². The Hall–Kier alpha value is -0.800. The van der Waals surface area contributed by atoms with Crippen LogP contribution >= 0.6 is 0 Å². The predicted molar refractivity (Wildman–Crippen MR) is 72.7 cm³/mol. The lowest BCUT2D eigenvalue weighted by Crippen LogP contribution is -2.14. The number of hydrogen-bond donors (Lipinski definition) is 1. The molecule has 1 N–H and O–H groups in total. The Morgan fingerprint density at radius 3 is 2.89 bits per heavy atom. The van der Waals surface area contributed by atoms with Gasteiger partial charge in [0.25, 0.3) is 0 Å². The van der Waals surface area contributed by atoms with Gasteiger partial charge in [0.15, 0.2) is 0 Å². The van der Waals surface area contributed by atoms with Crippen LogP contribution in [0.3, 0.4) is 0 Å². The number of furan rings is 1. The molecular weight excluding hydrogens is 226 g/mol. The van der Waals surface area contributed by atoms with E-state index < -0.39 is 0 Å². The van der Waals surface area contributed by atoms with Crippen molar-refractivity contribution < 1.29 is 9.15 Å². The molecule has 1 heterocycles. The largest absolute Gasteiger partial charge is 0.464 e. The monoisotopic (exact) mass is 251 g/mol. The van der Waals surface area contributed by atoms with Crippen LogP contribution in [0.2, 0.25) is 0 Å². The molecule has 0 bridgehead atoms. The molecular formula is C15H25NO2. The minimum absolute atomic E-state index is 0.688. The summed E-state index contributed by atoms with van der Waals surface area (Å²) in [6, 6.07) is 4.25. The summed E-state index contributed by atoms with van der Waals surface area (Å²) in [5.41, 5.74) is 0. The fraction of sp³-hybridized carbons (Fsp3) is 0.733. The Kier molecular flexibility index (Phi) is 5.26. The van der Waals surface area contributed by atoms with Crippen molar-refractivity contribution in [2.24, 2.45) is 5.92 Å². The number of hydrogen-bond acceptors (Lipinski definition) is 3. The summed E-state index contributed by atoms with van der Waals surface area (Å²) in [6.45, 7) is 5.07. The van der Waals surface area contributed by atoms with Crippen LogP contribution in [0.25, 0.3) is 0 Å². The second-order valence-corrected chi connectivity index (χ2v) is 5.35. The highest BCUT2D eigenvalue weighted by molar-refractivity contribution is 5.17. The summed E-state index contributed by atoms with van der Waals surface area (Å²) in [7, 11) is 1.76. The van der Waals surface area contributed by atoms with Crippen molar-refractivity contribution in [3.63, 3.8) is 0 Å². The molecule has 1 aliphatic rings. The number of methoxy groups -OCH3 is 1. The lowest BCUT2D eigenvalue weighted by molar-refractivity contribution is 0.192. The smallest absolute Gasteiger partial charge is 0.117 e. The molecule has 102 valence electrons. The summed E-state index contributed by atoms with van der Waals surface area (Å²) >= 11 is 0. The molecule has 2 atom stereocenters. The quantitative estimate of drug-likeness (QED) is 0.684. The van der Waals surface area contributed by atoms with Crippen LogP contribution in [0, 0.1) is 5.92 Å². The van der Waals surface area contributed by atoms with Crippen molar-refractivity contribution >= 4 is 0 Å². The number of nitrogens with one attached hydrogen (secondary N) is 1. The Bertz CT molecular complexity index is 348. The zero-order chi connectivity index (χ0) is 12.8. The third-order valence-corrected chi connectivity index (χ3v) is 3.66. The van der Waals surface area contributed by atoms with Crippen molar-refractivity contribution in [1.82, 2.24) is 5.32 Å². The van der Waals surface area contributed by atoms with Crippen LogP contribution in [0.4, 0.5) is 0 Å². The van der Waals surface area contributed by atoms with E-state index in [0.717, 1.165) is 37.8 Å². The van der Waals surface area contributed by atoms with Gasteiger partial charge in [-0.2, -0.15) is 0 Å². The normalized spacial score (nSPS) is 22.3. The van der Waals surface area contributed by atoms with E-state index in [2.05, 4.69) is 24.4 Å². The molecule has 1 fully saturated rings. The maximum atomic E-state index is 5.84. The zero-order valence-corrected chi connectivity index (χ0v) is 11.6. The van der Waals surface area contributed by atoms with Crippen LogP contribution < -0.4 is 5.32 Å². The molecule has 3 nitrogen and oxygen atoms in total. The molecule has 2 unspecified atom stereocenters. The minimum atomic E-state index is 0.688. The van der Waals surface area contributed by atoms with Crippen molar-refractivity contribution in [2.75, 3.05) is 20.3 Å². The van der Waals surface area contributed by atoms with Crippen molar-refractivity contribution in [1.29, 1.82) is 0 Å². The van der Waals surface area contributed by atoms with Gasteiger partial charge in [0.05, 0.1) is 6.54 Å². The zero-order valence-electron chi connectivity index (χ0n) is 11.6. The van der Waals surface area contributed by atoms with Gasteiger partial charge in [-0.05, 0) is 50.3 Å². The molecule has 0 aromatic carbocycles. The van der Waals surface area contributed by atoms with E-state index in [0.29, 0.717) is 5.92 Å². The first kappa shape index (κ1) is 13.6. The van der Waals surface area contributed by atoms with Gasteiger partial charge in [0.2, 0.25) is 0 Å². The predicted octanol–water partition coefficient (Wildman–Crippen LogP) is 3.31. The maximum absolute atomic E-state index is 5.84. The van der Waals surface area contributed by atoms with Crippen LogP contribution in [0.1, 0.15) is 50.0 Å².